The number of nitrogens with zero attached hydrogens (tertiary/aromatic N) is 6. The molecule has 1 saturated heterocycles. The van der Waals surface area contributed by atoms with E-state index >= 15 is 0 Å². The first-order chi connectivity index (χ1) is 16.2. The van der Waals surface area contributed by atoms with Gasteiger partial charge in [0.1, 0.15) is 11.4 Å². The Morgan fingerprint density at radius 1 is 1.06 bits per heavy atom. The highest BCUT2D eigenvalue weighted by Gasteiger charge is 2.24. The number of carbonyl (C=O) groups is 2. The molecule has 0 aliphatic carbocycles. The lowest BCUT2D eigenvalue weighted by Gasteiger charge is -2.25. The molecule has 1 aliphatic heterocycles. The van der Waals surface area contributed by atoms with Gasteiger partial charge in [0.15, 0.2) is 0 Å². The standard InChI is InChI=1S/C24H34N6O4/c1-5-27(6-2)22(31)17-26-12-7-13-28(15-14-26)24(32)21-10-8-20(9-11-21)16-29-19(4)23(30(33)34)18(3)25-29/h8-11H,5-7,12-17H2,1-4H3. The molecule has 2 heterocycles. The Balaban J connectivity index is 1.60. The third-order valence-corrected chi connectivity index (χ3v) is 6.41. The smallest absolute Gasteiger partial charge is 0.312 e. The van der Waals surface area contributed by atoms with E-state index in [2.05, 4.69) is 10.00 Å². The van der Waals surface area contributed by atoms with Crippen molar-refractivity contribution in [3.05, 3.63) is 56.9 Å². The fraction of sp³-hybridized carbons (Fsp3) is 0.542. The quantitative estimate of drug-likeness (QED) is 0.434. The largest absolute Gasteiger partial charge is 0.342 e. The Morgan fingerprint density at radius 3 is 2.32 bits per heavy atom. The van der Waals surface area contributed by atoms with Crippen molar-refractivity contribution in [1.82, 2.24) is 24.5 Å². The normalized spacial score (nSPS) is 14.6. The van der Waals surface area contributed by atoms with Gasteiger partial charge in [-0.25, -0.2) is 0 Å². The summed E-state index contributed by atoms with van der Waals surface area (Å²) in [6.45, 7) is 12.2. The predicted molar refractivity (Wildman–Crippen MR) is 129 cm³/mol. The van der Waals surface area contributed by atoms with E-state index in [-0.39, 0.29) is 17.5 Å². The zero-order chi connectivity index (χ0) is 24.8. The lowest BCUT2D eigenvalue weighted by atomic mass is 10.1. The second-order valence-electron chi connectivity index (χ2n) is 8.62. The number of benzene rings is 1. The zero-order valence-electron chi connectivity index (χ0n) is 20.5. The van der Waals surface area contributed by atoms with Crippen molar-refractivity contribution in [2.75, 3.05) is 45.8 Å². The first-order valence-electron chi connectivity index (χ1n) is 11.8. The molecule has 1 aromatic heterocycles. The molecule has 0 bridgehead atoms. The SMILES string of the molecule is CCN(CC)C(=O)CN1CCCN(C(=O)c2ccc(Cn3nc(C)c([N+](=O)[O-])c3C)cc2)CC1. The van der Waals surface area contributed by atoms with Gasteiger partial charge in [-0.3, -0.25) is 29.3 Å². The molecule has 0 atom stereocenters. The number of likely N-dealkylation sites (N-methyl/N-ethyl adjacent to an activating group) is 1. The maximum atomic E-state index is 13.1. The molecule has 2 aromatic rings. The van der Waals surface area contributed by atoms with Crippen LogP contribution in [0.2, 0.25) is 0 Å². The number of nitro groups is 1. The first kappa shape index (κ1) is 25.4. The topological polar surface area (TPSA) is 105 Å². The molecule has 3 rings (SSSR count). The monoisotopic (exact) mass is 470 g/mol. The van der Waals surface area contributed by atoms with E-state index in [1.165, 1.54) is 0 Å². The molecule has 0 radical (unpaired) electrons. The van der Waals surface area contributed by atoms with Crippen LogP contribution in [0.1, 0.15) is 47.6 Å². The van der Waals surface area contributed by atoms with Gasteiger partial charge in [-0.1, -0.05) is 12.1 Å². The summed E-state index contributed by atoms with van der Waals surface area (Å²) in [7, 11) is 0. The van der Waals surface area contributed by atoms with Gasteiger partial charge in [-0.2, -0.15) is 5.10 Å². The van der Waals surface area contributed by atoms with Crippen LogP contribution in [-0.4, -0.2) is 87.0 Å². The molecule has 184 valence electrons. The molecule has 1 aromatic carbocycles. The predicted octanol–water partition coefficient (Wildman–Crippen LogP) is 2.47. The van der Waals surface area contributed by atoms with Crippen LogP contribution in [-0.2, 0) is 11.3 Å². The number of amides is 2. The second-order valence-corrected chi connectivity index (χ2v) is 8.62. The van der Waals surface area contributed by atoms with E-state index in [1.807, 2.05) is 35.8 Å². The summed E-state index contributed by atoms with van der Waals surface area (Å²) in [6.07, 6.45) is 0.825. The number of aromatic nitrogens is 2. The Hall–Kier alpha value is -3.27. The average Bonchev–Trinajstić information content (AvgIpc) is 2.95. The molecule has 34 heavy (non-hydrogen) atoms. The van der Waals surface area contributed by atoms with Crippen molar-refractivity contribution in [3.63, 3.8) is 0 Å². The summed E-state index contributed by atoms with van der Waals surface area (Å²) < 4.78 is 1.62. The summed E-state index contributed by atoms with van der Waals surface area (Å²) in [6, 6.07) is 7.32. The molecule has 0 N–H and O–H groups in total. The van der Waals surface area contributed by atoms with Crippen LogP contribution in [0.3, 0.4) is 0 Å². The summed E-state index contributed by atoms with van der Waals surface area (Å²) in [5.41, 5.74) is 2.46. The zero-order valence-corrected chi connectivity index (χ0v) is 20.5. The highest BCUT2D eigenvalue weighted by Crippen LogP contribution is 2.22. The molecule has 10 nitrogen and oxygen atoms in total. The van der Waals surface area contributed by atoms with E-state index in [1.54, 1.807) is 30.7 Å². The number of carbonyl (C=O) groups excluding carboxylic acids is 2. The lowest BCUT2D eigenvalue weighted by molar-refractivity contribution is -0.386. The van der Waals surface area contributed by atoms with Gasteiger partial charge in [0.25, 0.3) is 5.91 Å². The summed E-state index contributed by atoms with van der Waals surface area (Å²) >= 11 is 0. The summed E-state index contributed by atoms with van der Waals surface area (Å²) in [4.78, 5) is 42.1. The van der Waals surface area contributed by atoms with Gasteiger partial charge in [0.2, 0.25) is 5.91 Å². The van der Waals surface area contributed by atoms with Crippen LogP contribution in [0.15, 0.2) is 24.3 Å². The Labute approximate surface area is 200 Å². The molecule has 10 heteroatoms. The minimum Gasteiger partial charge on any atom is -0.342 e. The maximum absolute atomic E-state index is 13.1. The average molecular weight is 471 g/mol. The number of aryl methyl sites for hydroxylation is 1. The van der Waals surface area contributed by atoms with E-state index < -0.39 is 4.92 Å². The maximum Gasteiger partial charge on any atom is 0.312 e. The van der Waals surface area contributed by atoms with Crippen molar-refractivity contribution in [3.8, 4) is 0 Å². The Bertz CT molecular complexity index is 1030. The molecule has 0 spiro atoms. The fourth-order valence-corrected chi connectivity index (χ4v) is 4.41. The van der Waals surface area contributed by atoms with Crippen molar-refractivity contribution in [2.45, 2.75) is 40.7 Å². The molecular formula is C24H34N6O4. The lowest BCUT2D eigenvalue weighted by Crippen LogP contribution is -2.42. The van der Waals surface area contributed by atoms with E-state index in [9.17, 15) is 19.7 Å². The first-order valence-corrected chi connectivity index (χ1v) is 11.8. The van der Waals surface area contributed by atoms with Crippen molar-refractivity contribution in [2.24, 2.45) is 0 Å². The molecule has 2 amide bonds. The highest BCUT2D eigenvalue weighted by atomic mass is 16.6. The number of hydrogen-bond acceptors (Lipinski definition) is 6. The van der Waals surface area contributed by atoms with Crippen LogP contribution < -0.4 is 0 Å². The van der Waals surface area contributed by atoms with E-state index in [4.69, 9.17) is 0 Å². The van der Waals surface area contributed by atoms with Crippen LogP contribution in [0, 0.1) is 24.0 Å². The third kappa shape index (κ3) is 5.80. The van der Waals surface area contributed by atoms with Crippen LogP contribution >= 0.6 is 0 Å². The van der Waals surface area contributed by atoms with E-state index in [0.717, 1.165) is 18.5 Å². The Morgan fingerprint density at radius 2 is 1.74 bits per heavy atom. The minimum atomic E-state index is -0.405. The Kier molecular flexibility index (Phi) is 8.38. The molecule has 0 saturated carbocycles. The van der Waals surface area contributed by atoms with Gasteiger partial charge in [0.05, 0.1) is 18.0 Å². The van der Waals surface area contributed by atoms with Crippen molar-refractivity contribution in [1.29, 1.82) is 0 Å². The van der Waals surface area contributed by atoms with Gasteiger partial charge in [0, 0.05) is 44.8 Å². The van der Waals surface area contributed by atoms with E-state index in [0.29, 0.717) is 62.8 Å². The van der Waals surface area contributed by atoms with Crippen LogP contribution in [0.4, 0.5) is 5.69 Å². The second kappa shape index (κ2) is 11.2. The van der Waals surface area contributed by atoms with Crippen LogP contribution in [0.25, 0.3) is 0 Å². The number of hydrogen-bond donors (Lipinski definition) is 0. The minimum absolute atomic E-state index is 0.0229. The van der Waals surface area contributed by atoms with Crippen LogP contribution in [0.5, 0.6) is 0 Å². The van der Waals surface area contributed by atoms with Crippen molar-refractivity contribution >= 4 is 17.5 Å². The van der Waals surface area contributed by atoms with Gasteiger partial charge < -0.3 is 9.80 Å². The molecule has 0 unspecified atom stereocenters. The molecular weight excluding hydrogens is 436 g/mol. The fourth-order valence-electron chi connectivity index (χ4n) is 4.41. The van der Waals surface area contributed by atoms with Gasteiger partial charge >= 0.3 is 5.69 Å². The number of rotatable bonds is 8. The third-order valence-electron chi connectivity index (χ3n) is 6.41. The highest BCUT2D eigenvalue weighted by molar-refractivity contribution is 5.94. The van der Waals surface area contributed by atoms with Gasteiger partial charge in [-0.05, 0) is 51.8 Å². The van der Waals surface area contributed by atoms with Gasteiger partial charge in [-0.15, -0.1) is 0 Å². The molecule has 1 fully saturated rings. The van der Waals surface area contributed by atoms with Crippen molar-refractivity contribution < 1.29 is 14.5 Å². The summed E-state index contributed by atoms with van der Waals surface area (Å²) in [5, 5.41) is 15.5. The molecule has 1 aliphatic rings. The summed E-state index contributed by atoms with van der Waals surface area (Å²) in [5.74, 6) is 0.110.